The Balaban J connectivity index is 2.25. The van der Waals surface area contributed by atoms with Crippen molar-refractivity contribution < 1.29 is 39.8 Å². The molecule has 0 aromatic rings. The average Bonchev–Trinajstić information content (AvgIpc) is 3.40. The van der Waals surface area contributed by atoms with Gasteiger partial charge >= 0.3 is 0 Å². The van der Waals surface area contributed by atoms with E-state index in [-0.39, 0.29) is 18.9 Å². The standard InChI is InChI=1S/C65H113NO8/c1-3-5-7-9-11-13-15-17-19-21-23-25-27-28-29-30-31-33-34-36-38-40-42-44-46-48-50-52-54-59(68)58(57-73-65-64(72)63(71)62(70)60(56-67)74-65)66-61(69)55-53-51-49-47-45-43-41-39-37-35-32-26-24-22-20-18-16-14-12-10-8-6-4-2/h6,8,12,14,18,20,24,26,35,37,41,43,47,49,52,54,58-60,62-65,67-68,70-72H,3-5,7,9-11,13,15-17,19,21-23,25,27-34,36,38-40,42,44-46,48,50-51,53,55-57H2,1-2H3,(H,66,69)/b8-6-,14-12-,20-18-,26-24-,37-35-,43-41-,49-47-,54-52+. The third kappa shape index (κ3) is 42.2. The molecule has 1 aliphatic rings. The number of nitrogens with one attached hydrogen (secondary N) is 1. The maximum atomic E-state index is 13.0. The van der Waals surface area contributed by atoms with Crippen LogP contribution in [-0.2, 0) is 14.3 Å². The summed E-state index contributed by atoms with van der Waals surface area (Å²) < 4.78 is 11.3. The zero-order valence-corrected chi connectivity index (χ0v) is 47.3. The molecule has 0 aromatic heterocycles. The van der Waals surface area contributed by atoms with Gasteiger partial charge in [-0.1, -0.05) is 272 Å². The normalized spacial score (nSPS) is 19.7. The highest BCUT2D eigenvalue weighted by Crippen LogP contribution is 2.23. The van der Waals surface area contributed by atoms with Crippen LogP contribution in [-0.4, -0.2) is 87.5 Å². The van der Waals surface area contributed by atoms with Crippen molar-refractivity contribution >= 4 is 5.91 Å². The van der Waals surface area contributed by atoms with Crippen molar-refractivity contribution in [2.75, 3.05) is 13.2 Å². The number of hydrogen-bond donors (Lipinski definition) is 6. The second-order valence-electron chi connectivity index (χ2n) is 20.8. The molecule has 0 radical (unpaired) electrons. The Kier molecular flexibility index (Phi) is 50.0. The molecule has 1 heterocycles. The molecule has 0 aromatic carbocycles. The molecule has 1 saturated heterocycles. The molecular formula is C65H113NO8. The van der Waals surface area contributed by atoms with Crippen LogP contribution in [0.2, 0.25) is 0 Å². The number of aliphatic hydroxyl groups excluding tert-OH is 5. The molecule has 74 heavy (non-hydrogen) atoms. The van der Waals surface area contributed by atoms with Gasteiger partial charge in [-0.05, 0) is 70.6 Å². The predicted octanol–water partition coefficient (Wildman–Crippen LogP) is 15.6. The first-order valence-electron chi connectivity index (χ1n) is 30.5. The summed E-state index contributed by atoms with van der Waals surface area (Å²) in [5.41, 5.74) is 0. The Morgan fingerprint density at radius 2 is 0.838 bits per heavy atom. The first-order chi connectivity index (χ1) is 36.3. The summed E-state index contributed by atoms with van der Waals surface area (Å²) in [5, 5.41) is 54.5. The molecule has 7 atom stereocenters. The van der Waals surface area contributed by atoms with E-state index in [4.69, 9.17) is 9.47 Å². The van der Waals surface area contributed by atoms with Crippen molar-refractivity contribution in [3.05, 3.63) is 97.2 Å². The van der Waals surface area contributed by atoms with Crippen molar-refractivity contribution in [3.63, 3.8) is 0 Å². The van der Waals surface area contributed by atoms with Gasteiger partial charge in [-0.15, -0.1) is 0 Å². The maximum absolute atomic E-state index is 13.0. The monoisotopic (exact) mass is 1040 g/mol. The molecule has 1 aliphatic heterocycles. The molecule has 0 bridgehead atoms. The highest BCUT2D eigenvalue weighted by Gasteiger charge is 2.44. The van der Waals surface area contributed by atoms with Crippen LogP contribution < -0.4 is 5.32 Å². The summed E-state index contributed by atoms with van der Waals surface area (Å²) in [7, 11) is 0. The molecule has 9 nitrogen and oxygen atoms in total. The van der Waals surface area contributed by atoms with Crippen LogP contribution in [0.3, 0.4) is 0 Å². The second-order valence-corrected chi connectivity index (χ2v) is 20.8. The summed E-state index contributed by atoms with van der Waals surface area (Å²) in [4.78, 5) is 13.0. The quantitative estimate of drug-likeness (QED) is 0.0261. The summed E-state index contributed by atoms with van der Waals surface area (Å²) >= 11 is 0. The lowest BCUT2D eigenvalue weighted by atomic mass is 9.99. The van der Waals surface area contributed by atoms with Crippen LogP contribution in [0.1, 0.15) is 251 Å². The van der Waals surface area contributed by atoms with Crippen LogP contribution in [0.15, 0.2) is 97.2 Å². The zero-order chi connectivity index (χ0) is 53.6. The number of allylic oxidation sites excluding steroid dienone is 15. The van der Waals surface area contributed by atoms with Gasteiger partial charge in [0.05, 0.1) is 25.4 Å². The lowest BCUT2D eigenvalue weighted by molar-refractivity contribution is -0.302. The molecule has 1 fully saturated rings. The highest BCUT2D eigenvalue weighted by atomic mass is 16.7. The molecule has 1 rings (SSSR count). The second kappa shape index (κ2) is 53.5. The lowest BCUT2D eigenvalue weighted by Crippen LogP contribution is -2.60. The fourth-order valence-electron chi connectivity index (χ4n) is 9.15. The van der Waals surface area contributed by atoms with Gasteiger partial charge < -0.3 is 40.3 Å². The van der Waals surface area contributed by atoms with E-state index in [0.29, 0.717) is 6.42 Å². The van der Waals surface area contributed by atoms with E-state index in [0.717, 1.165) is 70.6 Å². The van der Waals surface area contributed by atoms with Crippen LogP contribution in [0.4, 0.5) is 0 Å². The molecule has 0 saturated carbocycles. The van der Waals surface area contributed by atoms with Gasteiger partial charge in [0.15, 0.2) is 6.29 Å². The molecule has 7 unspecified atom stereocenters. The fourth-order valence-corrected chi connectivity index (χ4v) is 9.15. The third-order valence-corrected chi connectivity index (χ3v) is 13.9. The maximum Gasteiger partial charge on any atom is 0.220 e. The Morgan fingerprint density at radius 3 is 1.23 bits per heavy atom. The predicted molar refractivity (Wildman–Crippen MR) is 313 cm³/mol. The van der Waals surface area contributed by atoms with Crippen molar-refractivity contribution in [1.29, 1.82) is 0 Å². The van der Waals surface area contributed by atoms with Crippen molar-refractivity contribution in [2.24, 2.45) is 0 Å². The van der Waals surface area contributed by atoms with Gasteiger partial charge in [0.1, 0.15) is 24.4 Å². The molecule has 0 spiro atoms. The molecule has 426 valence electrons. The summed E-state index contributed by atoms with van der Waals surface area (Å²) in [6.07, 6.45) is 70.6. The van der Waals surface area contributed by atoms with Crippen LogP contribution in [0.25, 0.3) is 0 Å². The SMILES string of the molecule is CC/C=C\C/C=C\C/C=C\C/C=C\C/C=C\C/C=C\C/C=C\CCCC(=O)NC(COC1OC(CO)C(O)C(O)C1O)C(O)/C=C/CCCCCCCCCCCCCCCCCCCCCCCCCCCC. The lowest BCUT2D eigenvalue weighted by Gasteiger charge is -2.40. The van der Waals surface area contributed by atoms with Crippen molar-refractivity contribution in [1.82, 2.24) is 5.32 Å². The van der Waals surface area contributed by atoms with Gasteiger partial charge in [-0.2, -0.15) is 0 Å². The van der Waals surface area contributed by atoms with Crippen molar-refractivity contribution in [2.45, 2.75) is 294 Å². The summed E-state index contributed by atoms with van der Waals surface area (Å²) in [6.45, 7) is 3.65. The largest absolute Gasteiger partial charge is 0.394 e. The number of ether oxygens (including phenoxy) is 2. The number of rotatable bonds is 51. The van der Waals surface area contributed by atoms with Gasteiger partial charge in [-0.3, -0.25) is 4.79 Å². The zero-order valence-electron chi connectivity index (χ0n) is 47.3. The van der Waals surface area contributed by atoms with E-state index in [9.17, 15) is 30.3 Å². The molecule has 0 aliphatic carbocycles. The molecule has 1 amide bonds. The van der Waals surface area contributed by atoms with Gasteiger partial charge in [0.25, 0.3) is 0 Å². The number of hydrogen-bond acceptors (Lipinski definition) is 8. The average molecular weight is 1040 g/mol. The molecule has 6 N–H and O–H groups in total. The number of carbonyl (C=O) groups excluding carboxylic acids is 1. The van der Waals surface area contributed by atoms with E-state index in [2.05, 4.69) is 104 Å². The number of unbranched alkanes of at least 4 members (excludes halogenated alkanes) is 27. The van der Waals surface area contributed by atoms with E-state index in [1.54, 1.807) is 6.08 Å². The van der Waals surface area contributed by atoms with Crippen LogP contribution >= 0.6 is 0 Å². The smallest absolute Gasteiger partial charge is 0.220 e. The first kappa shape index (κ1) is 69.1. The third-order valence-electron chi connectivity index (χ3n) is 13.9. The number of carbonyl (C=O) groups is 1. The Bertz CT molecular complexity index is 1480. The minimum absolute atomic E-state index is 0.217. The van der Waals surface area contributed by atoms with Crippen LogP contribution in [0, 0.1) is 0 Å². The number of aliphatic hydroxyl groups is 5. The Hall–Kier alpha value is -2.89. The fraction of sp³-hybridized carbons (Fsp3) is 0.738. The Morgan fingerprint density at radius 1 is 0.473 bits per heavy atom. The van der Waals surface area contributed by atoms with E-state index >= 15 is 0 Å². The van der Waals surface area contributed by atoms with Gasteiger partial charge in [0.2, 0.25) is 5.91 Å². The molecular weight excluding hydrogens is 923 g/mol. The van der Waals surface area contributed by atoms with Crippen LogP contribution in [0.5, 0.6) is 0 Å². The van der Waals surface area contributed by atoms with E-state index < -0.39 is 49.5 Å². The van der Waals surface area contributed by atoms with Gasteiger partial charge in [0, 0.05) is 6.42 Å². The minimum Gasteiger partial charge on any atom is -0.394 e. The Labute approximate surface area is 453 Å². The number of amides is 1. The molecule has 9 heteroatoms. The highest BCUT2D eigenvalue weighted by molar-refractivity contribution is 5.76. The van der Waals surface area contributed by atoms with E-state index in [1.807, 2.05) is 6.08 Å². The van der Waals surface area contributed by atoms with Gasteiger partial charge in [-0.25, -0.2) is 0 Å². The van der Waals surface area contributed by atoms with Crippen molar-refractivity contribution in [3.8, 4) is 0 Å². The minimum atomic E-state index is -1.58. The first-order valence-corrected chi connectivity index (χ1v) is 30.5. The topological polar surface area (TPSA) is 149 Å². The summed E-state index contributed by atoms with van der Waals surface area (Å²) in [5.74, 6) is -0.236. The van der Waals surface area contributed by atoms with E-state index in [1.165, 1.54) is 154 Å². The summed E-state index contributed by atoms with van der Waals surface area (Å²) in [6, 6.07) is -0.844.